The van der Waals surface area contributed by atoms with E-state index in [0.29, 0.717) is 17.5 Å². The first-order valence-corrected chi connectivity index (χ1v) is 14.3. The molecule has 1 fully saturated rings. The second kappa shape index (κ2) is 11.1. The molecule has 0 radical (unpaired) electrons. The maximum Gasteiger partial charge on any atom is 0.228 e. The van der Waals surface area contributed by atoms with Gasteiger partial charge in [0.15, 0.2) is 11.4 Å². The lowest BCUT2D eigenvalue weighted by Crippen LogP contribution is -2.36. The molecule has 0 amide bonds. The van der Waals surface area contributed by atoms with Crippen LogP contribution in [0.15, 0.2) is 95.7 Å². The normalized spacial score (nSPS) is 16.9. The molecule has 40 heavy (non-hydrogen) atoms. The van der Waals surface area contributed by atoms with Crippen LogP contribution in [0.1, 0.15) is 36.0 Å². The van der Waals surface area contributed by atoms with Gasteiger partial charge in [-0.2, -0.15) is 4.52 Å². The lowest BCUT2D eigenvalue weighted by molar-refractivity contribution is 0.294. The molecule has 0 spiro atoms. The number of piperidine rings is 1. The highest BCUT2D eigenvalue weighted by molar-refractivity contribution is 5.66. The van der Waals surface area contributed by atoms with Crippen LogP contribution in [0.5, 0.6) is 0 Å². The van der Waals surface area contributed by atoms with E-state index in [-0.39, 0.29) is 0 Å². The van der Waals surface area contributed by atoms with Crippen molar-refractivity contribution in [3.8, 4) is 11.6 Å². The standard InChI is InChI=1S/C33H34N6O/c1-3-8-25(9-4-1)22-26-13-19-38(20-14-26)33-34-23-29(32-35-31(36-39(32)33)30-12-7-21-40-30)24-37-17-15-28(16-18-37)27-10-5-2-6-11-27/h1-12,15,21,23,26H,13-14,16-20,22,24H2. The molecular formula is C33H34N6O. The van der Waals surface area contributed by atoms with Crippen molar-refractivity contribution in [1.82, 2.24) is 24.5 Å². The summed E-state index contributed by atoms with van der Waals surface area (Å²) in [6.45, 7) is 4.63. The van der Waals surface area contributed by atoms with Crippen LogP contribution in [0, 0.1) is 5.92 Å². The number of aromatic nitrogens is 4. The Morgan fingerprint density at radius 1 is 0.875 bits per heavy atom. The summed E-state index contributed by atoms with van der Waals surface area (Å²) in [5, 5.41) is 4.90. The number of furan rings is 1. The molecular weight excluding hydrogens is 496 g/mol. The predicted octanol–water partition coefficient (Wildman–Crippen LogP) is 6.13. The molecule has 3 aromatic heterocycles. The van der Waals surface area contributed by atoms with E-state index in [1.165, 1.54) is 16.7 Å². The summed E-state index contributed by atoms with van der Waals surface area (Å²) < 4.78 is 7.60. The van der Waals surface area contributed by atoms with Gasteiger partial charge >= 0.3 is 0 Å². The fourth-order valence-electron chi connectivity index (χ4n) is 6.04. The van der Waals surface area contributed by atoms with Crippen molar-refractivity contribution < 1.29 is 4.42 Å². The topological polar surface area (TPSA) is 62.7 Å². The predicted molar refractivity (Wildman–Crippen MR) is 158 cm³/mol. The lowest BCUT2D eigenvalue weighted by atomic mass is 9.90. The molecule has 7 heteroatoms. The van der Waals surface area contributed by atoms with Gasteiger partial charge in [-0.15, -0.1) is 5.10 Å². The Labute approximate surface area is 234 Å². The quantitative estimate of drug-likeness (QED) is 0.252. The van der Waals surface area contributed by atoms with Crippen LogP contribution in [0.2, 0.25) is 0 Å². The minimum Gasteiger partial charge on any atom is -0.461 e. The molecule has 0 unspecified atom stereocenters. The van der Waals surface area contributed by atoms with Crippen molar-refractivity contribution in [1.29, 1.82) is 0 Å². The third-order valence-corrected chi connectivity index (χ3v) is 8.26. The highest BCUT2D eigenvalue weighted by atomic mass is 16.3. The third kappa shape index (κ3) is 5.17. The number of benzene rings is 2. The van der Waals surface area contributed by atoms with Gasteiger partial charge < -0.3 is 9.32 Å². The van der Waals surface area contributed by atoms with Crippen molar-refractivity contribution in [2.24, 2.45) is 5.92 Å². The molecule has 7 nitrogen and oxygen atoms in total. The summed E-state index contributed by atoms with van der Waals surface area (Å²) in [5.41, 5.74) is 6.12. The monoisotopic (exact) mass is 530 g/mol. The molecule has 0 saturated carbocycles. The highest BCUT2D eigenvalue weighted by Crippen LogP contribution is 2.29. The van der Waals surface area contributed by atoms with Crippen LogP contribution in [0.4, 0.5) is 5.95 Å². The number of rotatable bonds is 7. The molecule has 0 N–H and O–H groups in total. The molecule has 5 aromatic rings. The first-order chi connectivity index (χ1) is 19.8. The molecule has 7 rings (SSSR count). The van der Waals surface area contributed by atoms with Crippen LogP contribution < -0.4 is 4.90 Å². The van der Waals surface area contributed by atoms with E-state index in [4.69, 9.17) is 19.5 Å². The molecule has 2 aliphatic rings. The summed E-state index contributed by atoms with van der Waals surface area (Å²) in [5.74, 6) is 2.84. The highest BCUT2D eigenvalue weighted by Gasteiger charge is 2.25. The Kier molecular flexibility index (Phi) is 6.88. The summed E-state index contributed by atoms with van der Waals surface area (Å²) in [7, 11) is 0. The van der Waals surface area contributed by atoms with Crippen molar-refractivity contribution in [2.75, 3.05) is 31.1 Å². The molecule has 2 aliphatic heterocycles. The Morgan fingerprint density at radius 3 is 2.40 bits per heavy atom. The van der Waals surface area contributed by atoms with E-state index in [9.17, 15) is 0 Å². The third-order valence-electron chi connectivity index (χ3n) is 8.26. The fourth-order valence-corrected chi connectivity index (χ4v) is 6.04. The van der Waals surface area contributed by atoms with Crippen molar-refractivity contribution >= 4 is 17.2 Å². The van der Waals surface area contributed by atoms with E-state index >= 15 is 0 Å². The van der Waals surface area contributed by atoms with Gasteiger partial charge in [0.1, 0.15) is 0 Å². The largest absolute Gasteiger partial charge is 0.461 e. The van der Waals surface area contributed by atoms with Gasteiger partial charge in [0.05, 0.1) is 6.26 Å². The van der Waals surface area contributed by atoms with E-state index in [1.54, 1.807) is 6.26 Å². The SMILES string of the molecule is C1=C(c2ccccc2)CCN(Cc2cnc(N3CCC(Cc4ccccc4)CC3)n3nc(-c4ccco4)nc23)C1. The second-order valence-corrected chi connectivity index (χ2v) is 10.9. The summed E-state index contributed by atoms with van der Waals surface area (Å²) in [6, 6.07) is 25.3. The molecule has 1 saturated heterocycles. The summed E-state index contributed by atoms with van der Waals surface area (Å²) in [4.78, 5) is 14.8. The number of fused-ring (bicyclic) bond motifs is 1. The maximum atomic E-state index is 5.66. The van der Waals surface area contributed by atoms with Gasteiger partial charge in [0, 0.05) is 44.5 Å². The fraction of sp³-hybridized carbons (Fsp3) is 0.303. The zero-order chi connectivity index (χ0) is 26.7. The zero-order valence-corrected chi connectivity index (χ0v) is 22.7. The number of hydrogen-bond donors (Lipinski definition) is 0. The van der Waals surface area contributed by atoms with E-state index in [0.717, 1.165) is 75.6 Å². The summed E-state index contributed by atoms with van der Waals surface area (Å²) in [6.07, 6.45) is 10.5. The van der Waals surface area contributed by atoms with Crippen LogP contribution in [-0.2, 0) is 13.0 Å². The molecule has 5 heterocycles. The lowest BCUT2D eigenvalue weighted by Gasteiger charge is -2.33. The van der Waals surface area contributed by atoms with Crippen molar-refractivity contribution in [3.05, 3.63) is 108 Å². The minimum atomic E-state index is 0.601. The van der Waals surface area contributed by atoms with E-state index < -0.39 is 0 Å². The minimum absolute atomic E-state index is 0.601. The maximum absolute atomic E-state index is 5.66. The molecule has 0 bridgehead atoms. The number of nitrogens with zero attached hydrogens (tertiary/aromatic N) is 6. The van der Waals surface area contributed by atoms with Gasteiger partial charge in [-0.05, 0) is 60.4 Å². The number of anilines is 1. The van der Waals surface area contributed by atoms with Crippen molar-refractivity contribution in [2.45, 2.75) is 32.2 Å². The van der Waals surface area contributed by atoms with Crippen LogP contribution >= 0.6 is 0 Å². The van der Waals surface area contributed by atoms with Gasteiger partial charge in [0.2, 0.25) is 11.8 Å². The Hall–Kier alpha value is -4.23. The number of hydrogen-bond acceptors (Lipinski definition) is 6. The average Bonchev–Trinajstić information content (AvgIpc) is 3.71. The van der Waals surface area contributed by atoms with Crippen molar-refractivity contribution in [3.63, 3.8) is 0 Å². The van der Waals surface area contributed by atoms with E-state index in [1.807, 2.05) is 22.8 Å². The molecule has 0 aliphatic carbocycles. The van der Waals surface area contributed by atoms with E-state index in [2.05, 4.69) is 76.5 Å². The molecule has 2 aromatic carbocycles. The first-order valence-electron chi connectivity index (χ1n) is 14.3. The first kappa shape index (κ1) is 24.8. The van der Waals surface area contributed by atoms with Gasteiger partial charge in [-0.3, -0.25) is 4.90 Å². The Balaban J connectivity index is 1.12. The van der Waals surface area contributed by atoms with Gasteiger partial charge in [-0.1, -0.05) is 66.7 Å². The Bertz CT molecular complexity index is 1580. The second-order valence-electron chi connectivity index (χ2n) is 10.9. The molecule has 0 atom stereocenters. The average molecular weight is 531 g/mol. The van der Waals surface area contributed by atoms with Crippen LogP contribution in [0.3, 0.4) is 0 Å². The van der Waals surface area contributed by atoms with Gasteiger partial charge in [-0.25, -0.2) is 9.97 Å². The smallest absolute Gasteiger partial charge is 0.228 e. The van der Waals surface area contributed by atoms with Crippen LogP contribution in [-0.4, -0.2) is 50.7 Å². The Morgan fingerprint density at radius 2 is 1.68 bits per heavy atom. The summed E-state index contributed by atoms with van der Waals surface area (Å²) >= 11 is 0. The zero-order valence-electron chi connectivity index (χ0n) is 22.7. The molecule has 202 valence electrons. The van der Waals surface area contributed by atoms with Gasteiger partial charge in [0.25, 0.3) is 0 Å². The van der Waals surface area contributed by atoms with Crippen LogP contribution in [0.25, 0.3) is 22.8 Å².